The van der Waals surface area contributed by atoms with E-state index in [-0.39, 0.29) is 0 Å². The monoisotopic (exact) mass is 383 g/mol. The van der Waals surface area contributed by atoms with E-state index < -0.39 is 30.2 Å². The van der Waals surface area contributed by atoms with Gasteiger partial charge in [0, 0.05) is 17.5 Å². The molecule has 1 aromatic heterocycles. The second kappa shape index (κ2) is 9.19. The molecule has 138 valence electrons. The zero-order valence-electron chi connectivity index (χ0n) is 13.6. The standard InChI is InChI=1S/C18H16F3NO3S/c19-18(20,21)14-6-3-13(4-7-14)5-8-17(24)25-12-16(23)22-10-9-15-2-1-11-26-15/h1-8,11H,9-10,12H2,(H,22,23)/b8-5+. The first-order valence-corrected chi connectivity index (χ1v) is 8.54. The number of amides is 1. The number of halogens is 3. The number of hydrogen-bond acceptors (Lipinski definition) is 4. The summed E-state index contributed by atoms with van der Waals surface area (Å²) in [6, 6.07) is 8.21. The van der Waals surface area contributed by atoms with E-state index in [1.807, 2.05) is 17.5 Å². The molecule has 0 atom stereocenters. The number of rotatable bonds is 7. The zero-order chi connectivity index (χ0) is 19.0. The predicted molar refractivity (Wildman–Crippen MR) is 92.5 cm³/mol. The molecule has 0 saturated carbocycles. The van der Waals surface area contributed by atoms with E-state index in [0.717, 1.165) is 23.1 Å². The molecule has 1 heterocycles. The van der Waals surface area contributed by atoms with E-state index in [2.05, 4.69) is 5.32 Å². The van der Waals surface area contributed by atoms with E-state index >= 15 is 0 Å². The van der Waals surface area contributed by atoms with Crippen molar-refractivity contribution in [2.24, 2.45) is 0 Å². The van der Waals surface area contributed by atoms with Crippen LogP contribution in [0, 0.1) is 0 Å². The summed E-state index contributed by atoms with van der Waals surface area (Å²) in [7, 11) is 0. The summed E-state index contributed by atoms with van der Waals surface area (Å²) in [5.41, 5.74) is -0.355. The SMILES string of the molecule is O=C(COC(=O)/C=C/c1ccc(C(F)(F)F)cc1)NCCc1cccs1. The second-order valence-electron chi connectivity index (χ2n) is 5.24. The van der Waals surface area contributed by atoms with Crippen molar-refractivity contribution in [1.29, 1.82) is 0 Å². The molecule has 1 amide bonds. The molecular weight excluding hydrogens is 367 g/mol. The van der Waals surface area contributed by atoms with Gasteiger partial charge in [-0.1, -0.05) is 18.2 Å². The Morgan fingerprint density at radius 3 is 2.50 bits per heavy atom. The summed E-state index contributed by atoms with van der Waals surface area (Å²) >= 11 is 1.59. The van der Waals surface area contributed by atoms with Crippen molar-refractivity contribution in [2.45, 2.75) is 12.6 Å². The molecule has 1 N–H and O–H groups in total. The number of thiophene rings is 1. The summed E-state index contributed by atoms with van der Waals surface area (Å²) in [6.45, 7) is 0.0267. The van der Waals surface area contributed by atoms with Gasteiger partial charge in [-0.2, -0.15) is 13.2 Å². The van der Waals surface area contributed by atoms with E-state index in [4.69, 9.17) is 4.74 Å². The molecule has 0 aliphatic rings. The Bertz CT molecular complexity index is 753. The van der Waals surface area contributed by atoms with Crippen molar-refractivity contribution >= 4 is 29.3 Å². The highest BCUT2D eigenvalue weighted by molar-refractivity contribution is 7.09. The van der Waals surface area contributed by atoms with E-state index in [0.29, 0.717) is 18.5 Å². The van der Waals surface area contributed by atoms with Gasteiger partial charge in [-0.3, -0.25) is 4.79 Å². The van der Waals surface area contributed by atoms with Crippen molar-refractivity contribution in [3.63, 3.8) is 0 Å². The first-order chi connectivity index (χ1) is 12.3. The lowest BCUT2D eigenvalue weighted by atomic mass is 10.1. The first kappa shape index (κ1) is 19.7. The summed E-state index contributed by atoms with van der Waals surface area (Å²) in [6.07, 6.45) is -1.33. The normalized spacial score (nSPS) is 11.5. The summed E-state index contributed by atoms with van der Waals surface area (Å²) < 4.78 is 42.1. The minimum absolute atomic E-state index is 0.412. The van der Waals surface area contributed by atoms with Gasteiger partial charge in [-0.25, -0.2) is 4.79 Å². The van der Waals surface area contributed by atoms with Crippen LogP contribution >= 0.6 is 11.3 Å². The van der Waals surface area contributed by atoms with E-state index in [9.17, 15) is 22.8 Å². The maximum atomic E-state index is 12.4. The van der Waals surface area contributed by atoms with Gasteiger partial charge in [-0.05, 0) is 41.6 Å². The number of alkyl halides is 3. The van der Waals surface area contributed by atoms with Crippen molar-refractivity contribution in [3.8, 4) is 0 Å². The highest BCUT2D eigenvalue weighted by Crippen LogP contribution is 2.29. The van der Waals surface area contributed by atoms with Gasteiger partial charge in [0.25, 0.3) is 5.91 Å². The van der Waals surface area contributed by atoms with Gasteiger partial charge in [0.2, 0.25) is 0 Å². The number of carbonyl (C=O) groups excluding carboxylic acids is 2. The third-order valence-corrected chi connectivity index (χ3v) is 4.21. The average Bonchev–Trinajstić information content (AvgIpc) is 3.11. The first-order valence-electron chi connectivity index (χ1n) is 7.66. The number of nitrogens with one attached hydrogen (secondary N) is 1. The van der Waals surface area contributed by atoms with Crippen LogP contribution in [0.5, 0.6) is 0 Å². The van der Waals surface area contributed by atoms with Crippen molar-refractivity contribution < 1.29 is 27.5 Å². The van der Waals surface area contributed by atoms with Gasteiger partial charge in [0.15, 0.2) is 6.61 Å². The average molecular weight is 383 g/mol. The fourth-order valence-corrected chi connectivity index (χ4v) is 2.67. The largest absolute Gasteiger partial charge is 0.452 e. The fourth-order valence-electron chi connectivity index (χ4n) is 1.96. The number of carbonyl (C=O) groups is 2. The third-order valence-electron chi connectivity index (χ3n) is 3.27. The molecule has 8 heteroatoms. The van der Waals surface area contributed by atoms with Crippen LogP contribution in [0.2, 0.25) is 0 Å². The predicted octanol–water partition coefficient (Wildman–Crippen LogP) is 3.68. The molecule has 0 fully saturated rings. The Kier molecular flexibility index (Phi) is 6.97. The second-order valence-corrected chi connectivity index (χ2v) is 6.27. The van der Waals surface area contributed by atoms with Gasteiger partial charge in [0.05, 0.1) is 5.56 Å². The van der Waals surface area contributed by atoms with Crippen LogP contribution in [-0.4, -0.2) is 25.0 Å². The lowest BCUT2D eigenvalue weighted by Crippen LogP contribution is -2.30. The molecule has 0 saturated heterocycles. The summed E-state index contributed by atoms with van der Waals surface area (Å²) in [5, 5.41) is 4.58. The Morgan fingerprint density at radius 2 is 1.88 bits per heavy atom. The topological polar surface area (TPSA) is 55.4 Å². The summed E-state index contributed by atoms with van der Waals surface area (Å²) in [5.74, 6) is -1.17. The number of hydrogen-bond donors (Lipinski definition) is 1. The number of ether oxygens (including phenoxy) is 1. The van der Waals surface area contributed by atoms with Crippen LogP contribution in [0.25, 0.3) is 6.08 Å². The van der Waals surface area contributed by atoms with Crippen LogP contribution in [0.4, 0.5) is 13.2 Å². The molecule has 2 aromatic rings. The molecule has 0 radical (unpaired) electrons. The molecule has 4 nitrogen and oxygen atoms in total. The molecule has 2 rings (SSSR count). The van der Waals surface area contributed by atoms with Crippen molar-refractivity contribution in [3.05, 3.63) is 63.9 Å². The Balaban J connectivity index is 1.70. The van der Waals surface area contributed by atoms with Crippen molar-refractivity contribution in [2.75, 3.05) is 13.2 Å². The molecule has 0 unspecified atom stereocenters. The minimum atomic E-state index is -4.40. The Labute approximate surface area is 152 Å². The molecule has 26 heavy (non-hydrogen) atoms. The number of benzene rings is 1. The molecule has 0 bridgehead atoms. The molecule has 0 aliphatic heterocycles. The van der Waals surface area contributed by atoms with Gasteiger partial charge >= 0.3 is 12.1 Å². The van der Waals surface area contributed by atoms with Crippen LogP contribution in [0.1, 0.15) is 16.0 Å². The van der Waals surface area contributed by atoms with E-state index in [1.54, 1.807) is 11.3 Å². The highest BCUT2D eigenvalue weighted by Gasteiger charge is 2.29. The van der Waals surface area contributed by atoms with Gasteiger partial charge in [0.1, 0.15) is 0 Å². The smallest absolute Gasteiger partial charge is 0.416 e. The van der Waals surface area contributed by atoms with Crippen LogP contribution in [0.15, 0.2) is 47.9 Å². The molecule has 0 spiro atoms. The Hall–Kier alpha value is -2.61. The highest BCUT2D eigenvalue weighted by atomic mass is 32.1. The van der Waals surface area contributed by atoms with Gasteiger partial charge < -0.3 is 10.1 Å². The van der Waals surface area contributed by atoms with Crippen LogP contribution < -0.4 is 5.32 Å². The summed E-state index contributed by atoms with van der Waals surface area (Å²) in [4.78, 5) is 24.2. The quantitative estimate of drug-likeness (QED) is 0.586. The molecular formula is C18H16F3NO3S. The molecule has 1 aromatic carbocycles. The Morgan fingerprint density at radius 1 is 1.15 bits per heavy atom. The zero-order valence-corrected chi connectivity index (χ0v) is 14.4. The lowest BCUT2D eigenvalue weighted by Gasteiger charge is -2.06. The minimum Gasteiger partial charge on any atom is -0.452 e. The van der Waals surface area contributed by atoms with E-state index in [1.165, 1.54) is 18.2 Å². The van der Waals surface area contributed by atoms with Crippen molar-refractivity contribution in [1.82, 2.24) is 5.32 Å². The maximum absolute atomic E-state index is 12.4. The number of esters is 1. The van der Waals surface area contributed by atoms with Gasteiger partial charge in [-0.15, -0.1) is 11.3 Å². The van der Waals surface area contributed by atoms with Crippen LogP contribution in [-0.2, 0) is 26.9 Å². The maximum Gasteiger partial charge on any atom is 0.416 e. The fraction of sp³-hybridized carbons (Fsp3) is 0.222. The van der Waals surface area contributed by atoms with Crippen LogP contribution in [0.3, 0.4) is 0 Å². The lowest BCUT2D eigenvalue weighted by molar-refractivity contribution is -0.143. The molecule has 0 aliphatic carbocycles. The third kappa shape index (κ3) is 6.72.